The lowest BCUT2D eigenvalue weighted by Gasteiger charge is -2.27. The Balaban J connectivity index is 1.28. The highest BCUT2D eigenvalue weighted by atomic mass is 19.1. The molecule has 3 heterocycles. The molecule has 180 valence electrons. The van der Waals surface area contributed by atoms with E-state index in [1.165, 1.54) is 6.07 Å². The Morgan fingerprint density at radius 3 is 2.51 bits per heavy atom. The molecule has 2 N–H and O–H groups in total. The lowest BCUT2D eigenvalue weighted by molar-refractivity contribution is -0.138. The van der Waals surface area contributed by atoms with Crippen molar-refractivity contribution in [3.63, 3.8) is 0 Å². The lowest BCUT2D eigenvalue weighted by atomic mass is 9.85. The molecule has 1 fully saturated rings. The molecule has 0 atom stereocenters. The third kappa shape index (κ3) is 4.99. The maximum Gasteiger partial charge on any atom is 0.316 e. The molecular weight excluding hydrogens is 449 g/mol. The number of aliphatic carboxylic acids is 1. The number of pyridine rings is 1. The van der Waals surface area contributed by atoms with Gasteiger partial charge in [-0.05, 0) is 74.8 Å². The molecule has 8 nitrogen and oxygen atoms in total. The Kier molecular flexibility index (Phi) is 6.15. The van der Waals surface area contributed by atoms with Crippen molar-refractivity contribution in [2.45, 2.75) is 52.1 Å². The third-order valence-electron chi connectivity index (χ3n) is 6.50. The highest BCUT2D eigenvalue weighted by molar-refractivity contribution is 5.80. The Bertz CT molecular complexity index is 1380. The largest absolute Gasteiger partial charge is 0.481 e. The van der Waals surface area contributed by atoms with E-state index in [2.05, 4.69) is 24.9 Å². The van der Waals surface area contributed by atoms with E-state index in [4.69, 9.17) is 9.84 Å². The summed E-state index contributed by atoms with van der Waals surface area (Å²) in [6, 6.07) is 7.16. The van der Waals surface area contributed by atoms with Crippen molar-refractivity contribution in [3.8, 4) is 28.5 Å². The summed E-state index contributed by atoms with van der Waals surface area (Å²) in [4.78, 5) is 31.6. The van der Waals surface area contributed by atoms with Gasteiger partial charge in [-0.15, -0.1) is 0 Å². The summed E-state index contributed by atoms with van der Waals surface area (Å²) >= 11 is 0. The van der Waals surface area contributed by atoms with Gasteiger partial charge in [0.2, 0.25) is 0 Å². The number of carboxylic acid groups (broad SMARTS) is 1. The van der Waals surface area contributed by atoms with Gasteiger partial charge >= 0.3 is 12.0 Å². The number of fused-ring (bicyclic) bond motifs is 1. The molecule has 1 aliphatic carbocycles. The van der Waals surface area contributed by atoms with E-state index in [-0.39, 0.29) is 24.5 Å². The fourth-order valence-corrected chi connectivity index (χ4v) is 4.69. The van der Waals surface area contributed by atoms with Gasteiger partial charge in [0.1, 0.15) is 17.7 Å². The number of nitrogens with one attached hydrogen (secondary N) is 1. The van der Waals surface area contributed by atoms with Crippen LogP contribution in [0.25, 0.3) is 33.7 Å². The van der Waals surface area contributed by atoms with Crippen LogP contribution in [0, 0.1) is 25.6 Å². The number of halogens is 1. The summed E-state index contributed by atoms with van der Waals surface area (Å²) in [6.07, 6.45) is 6.63. The van der Waals surface area contributed by atoms with Gasteiger partial charge in [-0.2, -0.15) is 0 Å². The smallest absolute Gasteiger partial charge is 0.316 e. The maximum absolute atomic E-state index is 15.0. The zero-order chi connectivity index (χ0) is 24.5. The average Bonchev–Trinajstić information content (AvgIpc) is 3.24. The number of aromatic nitrogens is 5. The SMILES string of the molecule is Cc1cc(C)c2[nH]c(-c3ccc(-c4cnc(OC5CCC(CC(=O)O)CC5)nc4)cc3F)nc2n1. The molecule has 3 aromatic heterocycles. The van der Waals surface area contributed by atoms with Crippen LogP contribution in [0.2, 0.25) is 0 Å². The van der Waals surface area contributed by atoms with Crippen LogP contribution in [0.3, 0.4) is 0 Å². The average molecular weight is 476 g/mol. The van der Waals surface area contributed by atoms with E-state index < -0.39 is 11.8 Å². The highest BCUT2D eigenvalue weighted by Crippen LogP contribution is 2.30. The molecule has 0 amide bonds. The summed E-state index contributed by atoms with van der Waals surface area (Å²) in [6.45, 7) is 3.87. The van der Waals surface area contributed by atoms with Gasteiger partial charge < -0.3 is 14.8 Å². The predicted molar refractivity (Wildman–Crippen MR) is 128 cm³/mol. The number of rotatable bonds is 6. The molecule has 1 aromatic carbocycles. The van der Waals surface area contributed by atoms with Crippen molar-refractivity contribution in [3.05, 3.63) is 53.7 Å². The molecule has 1 aliphatic rings. The molecule has 4 aromatic rings. The molecule has 0 unspecified atom stereocenters. The standard InChI is InChI=1S/C26H26FN5O3/c1-14-9-15(2)30-25-23(14)31-24(32-25)20-8-5-17(11-21(20)27)18-12-28-26(29-13-18)35-19-6-3-16(4-7-19)10-22(33)34/h5,8-9,11-13,16,19H,3-4,6-7,10H2,1-2H3,(H,33,34)(H,30,31,32). The number of hydrogen-bond acceptors (Lipinski definition) is 6. The van der Waals surface area contributed by atoms with Gasteiger partial charge in [0.25, 0.3) is 0 Å². The van der Waals surface area contributed by atoms with Crippen LogP contribution >= 0.6 is 0 Å². The fraction of sp³-hybridized carbons (Fsp3) is 0.346. The van der Waals surface area contributed by atoms with E-state index in [1.54, 1.807) is 24.5 Å². The first-order valence-electron chi connectivity index (χ1n) is 11.7. The number of ether oxygens (including phenoxy) is 1. The Morgan fingerprint density at radius 2 is 1.83 bits per heavy atom. The lowest BCUT2D eigenvalue weighted by Crippen LogP contribution is -2.25. The molecule has 5 rings (SSSR count). The van der Waals surface area contributed by atoms with E-state index >= 15 is 4.39 Å². The van der Waals surface area contributed by atoms with Crippen LogP contribution in [0.15, 0.2) is 36.7 Å². The van der Waals surface area contributed by atoms with Gasteiger partial charge in [-0.25, -0.2) is 24.3 Å². The minimum absolute atomic E-state index is 0.0200. The van der Waals surface area contributed by atoms with Crippen LogP contribution in [0.1, 0.15) is 43.4 Å². The number of aromatic amines is 1. The van der Waals surface area contributed by atoms with Crippen molar-refractivity contribution in [2.75, 3.05) is 0 Å². The van der Waals surface area contributed by atoms with Gasteiger partial charge in [-0.1, -0.05) is 6.07 Å². The highest BCUT2D eigenvalue weighted by Gasteiger charge is 2.24. The van der Waals surface area contributed by atoms with Crippen LogP contribution in [-0.4, -0.2) is 42.1 Å². The van der Waals surface area contributed by atoms with Crippen molar-refractivity contribution in [1.82, 2.24) is 24.9 Å². The maximum atomic E-state index is 15.0. The number of carboxylic acids is 1. The summed E-state index contributed by atoms with van der Waals surface area (Å²) in [5.74, 6) is -0.521. The summed E-state index contributed by atoms with van der Waals surface area (Å²) < 4.78 is 20.9. The molecule has 35 heavy (non-hydrogen) atoms. The minimum atomic E-state index is -0.752. The van der Waals surface area contributed by atoms with E-state index in [9.17, 15) is 4.79 Å². The van der Waals surface area contributed by atoms with Crippen LogP contribution < -0.4 is 4.74 Å². The Hall–Kier alpha value is -3.88. The Labute approximate surface area is 201 Å². The quantitative estimate of drug-likeness (QED) is 0.391. The van der Waals surface area contributed by atoms with Crippen LogP contribution in [0.4, 0.5) is 4.39 Å². The molecule has 9 heteroatoms. The van der Waals surface area contributed by atoms with E-state index in [0.29, 0.717) is 28.2 Å². The van der Waals surface area contributed by atoms with Gasteiger partial charge in [0.05, 0.1) is 11.1 Å². The first kappa shape index (κ1) is 22.9. The molecule has 0 bridgehead atoms. The number of hydrogen-bond donors (Lipinski definition) is 2. The van der Waals surface area contributed by atoms with Crippen LogP contribution in [0.5, 0.6) is 6.01 Å². The molecule has 0 saturated heterocycles. The minimum Gasteiger partial charge on any atom is -0.481 e. The second-order valence-corrected chi connectivity index (χ2v) is 9.17. The monoisotopic (exact) mass is 475 g/mol. The molecule has 1 saturated carbocycles. The summed E-state index contributed by atoms with van der Waals surface area (Å²) in [7, 11) is 0. The van der Waals surface area contributed by atoms with Gasteiger partial charge in [0, 0.05) is 30.1 Å². The summed E-state index contributed by atoms with van der Waals surface area (Å²) in [5.41, 5.74) is 4.93. The van der Waals surface area contributed by atoms with E-state index in [0.717, 1.165) is 42.5 Å². The molecule has 0 radical (unpaired) electrons. The number of carbonyl (C=O) groups is 1. The predicted octanol–water partition coefficient (Wildman–Crippen LogP) is 5.25. The van der Waals surface area contributed by atoms with E-state index in [1.807, 2.05) is 19.9 Å². The number of benzene rings is 1. The second-order valence-electron chi connectivity index (χ2n) is 9.17. The van der Waals surface area contributed by atoms with Gasteiger partial charge in [0.15, 0.2) is 5.65 Å². The van der Waals surface area contributed by atoms with Crippen molar-refractivity contribution in [2.24, 2.45) is 5.92 Å². The number of imidazole rings is 1. The third-order valence-corrected chi connectivity index (χ3v) is 6.50. The zero-order valence-electron chi connectivity index (χ0n) is 19.6. The molecule has 0 spiro atoms. The fourth-order valence-electron chi connectivity index (χ4n) is 4.69. The van der Waals surface area contributed by atoms with Crippen LogP contribution in [-0.2, 0) is 4.79 Å². The normalized spacial score (nSPS) is 18.0. The number of H-pyrrole nitrogens is 1. The number of nitrogens with zero attached hydrogens (tertiary/aromatic N) is 4. The topological polar surface area (TPSA) is 114 Å². The van der Waals surface area contributed by atoms with Crippen molar-refractivity contribution >= 4 is 17.1 Å². The zero-order valence-corrected chi connectivity index (χ0v) is 19.6. The second kappa shape index (κ2) is 9.40. The summed E-state index contributed by atoms with van der Waals surface area (Å²) in [5, 5.41) is 8.94. The molecule has 0 aliphatic heterocycles. The van der Waals surface area contributed by atoms with Crippen molar-refractivity contribution < 1.29 is 19.0 Å². The first-order valence-corrected chi connectivity index (χ1v) is 11.7. The first-order chi connectivity index (χ1) is 16.9. The Morgan fingerprint density at radius 1 is 1.09 bits per heavy atom. The molecular formula is C26H26FN5O3. The van der Waals surface area contributed by atoms with Crippen molar-refractivity contribution in [1.29, 1.82) is 0 Å². The number of aryl methyl sites for hydroxylation is 2. The van der Waals surface area contributed by atoms with Gasteiger partial charge in [-0.3, -0.25) is 4.79 Å².